The second kappa shape index (κ2) is 14.5. The molecule has 9 aromatic rings. The van der Waals surface area contributed by atoms with Crippen molar-refractivity contribution in [1.29, 1.82) is 10.5 Å². The highest BCUT2D eigenvalue weighted by Crippen LogP contribution is 2.46. The molecule has 0 saturated heterocycles. The van der Waals surface area contributed by atoms with E-state index in [0.717, 1.165) is 77.8 Å². The van der Waals surface area contributed by atoms with E-state index in [2.05, 4.69) is 137 Å². The van der Waals surface area contributed by atoms with E-state index in [9.17, 15) is 10.5 Å². The van der Waals surface area contributed by atoms with Gasteiger partial charge in [-0.2, -0.15) is 10.5 Å². The number of para-hydroxylation sites is 4. The first-order chi connectivity index (χ1) is 28.0. The lowest BCUT2D eigenvalue weighted by Crippen LogP contribution is -2.17. The van der Waals surface area contributed by atoms with Crippen molar-refractivity contribution in [2.75, 3.05) is 9.80 Å². The van der Waals surface area contributed by atoms with Gasteiger partial charge in [0.1, 0.15) is 23.3 Å². The average molecular weight is 736 g/mol. The van der Waals surface area contributed by atoms with Gasteiger partial charge in [-0.3, -0.25) is 0 Å². The molecule has 0 radical (unpaired) electrons. The molecule has 0 unspecified atom stereocenters. The third-order valence-electron chi connectivity index (χ3n) is 10.6. The lowest BCUT2D eigenvalue weighted by atomic mass is 10.0. The molecule has 0 spiro atoms. The van der Waals surface area contributed by atoms with Crippen molar-refractivity contribution in [3.63, 3.8) is 0 Å². The van der Waals surface area contributed by atoms with E-state index in [-0.39, 0.29) is 0 Å². The van der Waals surface area contributed by atoms with Crippen LogP contribution in [0.4, 0.5) is 28.4 Å². The van der Waals surface area contributed by atoms with Gasteiger partial charge in [0.05, 0.1) is 39.2 Å². The maximum atomic E-state index is 10.9. The minimum Gasteiger partial charge on any atom is -0.456 e. The van der Waals surface area contributed by atoms with E-state index >= 15 is 0 Å². The second-order valence-electron chi connectivity index (χ2n) is 14.0. The molecule has 9 rings (SSSR count). The van der Waals surface area contributed by atoms with E-state index in [1.807, 2.05) is 67.6 Å². The molecule has 0 aliphatic carbocycles. The summed E-state index contributed by atoms with van der Waals surface area (Å²) in [4.78, 5) is 4.35. The number of fused-ring (bicyclic) bond motifs is 6. The number of hydrogen-bond donors (Lipinski definition) is 0. The number of aryl methyl sites for hydroxylation is 1. The van der Waals surface area contributed by atoms with Gasteiger partial charge in [-0.05, 0) is 105 Å². The summed E-state index contributed by atoms with van der Waals surface area (Å²) in [5.74, 6) is 0. The number of aromatic nitrogens is 1. The first kappa shape index (κ1) is 34.9. The molecular weight excluding hydrogens is 699 g/mol. The van der Waals surface area contributed by atoms with Crippen molar-refractivity contribution in [3.05, 3.63) is 192 Å². The Hall–Kier alpha value is -7.80. The van der Waals surface area contributed by atoms with Gasteiger partial charge in [-0.25, -0.2) is 0 Å². The Kier molecular flexibility index (Phi) is 8.86. The maximum Gasteiger partial charge on any atom is 0.137 e. The largest absolute Gasteiger partial charge is 0.456 e. The molecule has 0 aliphatic heterocycles. The van der Waals surface area contributed by atoms with Crippen molar-refractivity contribution in [2.24, 2.45) is 0 Å². The maximum absolute atomic E-state index is 10.9. The summed E-state index contributed by atoms with van der Waals surface area (Å²) < 4.78 is 8.57. The molecular formula is C51H37N5O. The van der Waals surface area contributed by atoms with Crippen molar-refractivity contribution in [3.8, 4) is 17.8 Å². The zero-order valence-corrected chi connectivity index (χ0v) is 31.8. The number of nitrogens with zero attached hydrogens (tertiary/aromatic N) is 5. The number of benzene rings is 7. The van der Waals surface area contributed by atoms with Crippen LogP contribution in [0.25, 0.3) is 49.4 Å². The van der Waals surface area contributed by atoms with Gasteiger partial charge in [-0.15, -0.1) is 0 Å². The Morgan fingerprint density at radius 1 is 0.614 bits per heavy atom. The quantitative estimate of drug-likeness (QED) is 0.145. The van der Waals surface area contributed by atoms with Crippen molar-refractivity contribution >= 4 is 72.2 Å². The highest BCUT2D eigenvalue weighted by atomic mass is 16.3. The SMILES string of the molecule is C/C=C\C=C(/C)N(c1ccc(N(c2ccc3c(c2)oc2ccccc23)c2c(C#N)ccc(C#N)c2-n2c3ccccc3c3ccccc32)cc1)c1ccccc1C. The molecule has 0 bridgehead atoms. The molecule has 0 atom stereocenters. The van der Waals surface area contributed by atoms with Gasteiger partial charge in [0.25, 0.3) is 0 Å². The van der Waals surface area contributed by atoms with Crippen molar-refractivity contribution < 1.29 is 4.42 Å². The van der Waals surface area contributed by atoms with Gasteiger partial charge in [0, 0.05) is 50.4 Å². The molecule has 0 amide bonds. The number of anilines is 5. The fourth-order valence-corrected chi connectivity index (χ4v) is 8.05. The van der Waals surface area contributed by atoms with Crippen LogP contribution in [0.5, 0.6) is 0 Å². The normalized spacial score (nSPS) is 11.8. The van der Waals surface area contributed by atoms with Crippen LogP contribution >= 0.6 is 0 Å². The molecule has 6 heteroatoms. The van der Waals surface area contributed by atoms with Gasteiger partial charge < -0.3 is 18.8 Å². The van der Waals surface area contributed by atoms with Gasteiger partial charge in [-0.1, -0.05) is 84.9 Å². The van der Waals surface area contributed by atoms with Crippen LogP contribution in [0, 0.1) is 29.6 Å². The molecule has 0 N–H and O–H groups in total. The molecule has 272 valence electrons. The zero-order valence-electron chi connectivity index (χ0n) is 31.8. The first-order valence-electron chi connectivity index (χ1n) is 18.9. The first-order valence-corrected chi connectivity index (χ1v) is 18.9. The number of allylic oxidation sites excluding steroid dienone is 4. The van der Waals surface area contributed by atoms with Crippen molar-refractivity contribution in [1.82, 2.24) is 4.57 Å². The Balaban J connectivity index is 1.34. The van der Waals surface area contributed by atoms with E-state index in [0.29, 0.717) is 22.5 Å². The predicted molar refractivity (Wildman–Crippen MR) is 234 cm³/mol. The number of furan rings is 1. The topological polar surface area (TPSA) is 72.1 Å². The summed E-state index contributed by atoms with van der Waals surface area (Å²) in [5.41, 5.74) is 11.3. The lowest BCUT2D eigenvalue weighted by Gasteiger charge is -2.31. The third kappa shape index (κ3) is 5.89. The van der Waals surface area contributed by atoms with Crippen LogP contribution in [-0.2, 0) is 0 Å². The van der Waals surface area contributed by atoms with Gasteiger partial charge >= 0.3 is 0 Å². The fourth-order valence-electron chi connectivity index (χ4n) is 8.05. The summed E-state index contributed by atoms with van der Waals surface area (Å²) in [7, 11) is 0. The number of rotatable bonds is 8. The van der Waals surface area contributed by atoms with E-state index in [1.165, 1.54) is 0 Å². The predicted octanol–water partition coefficient (Wildman–Crippen LogP) is 13.8. The van der Waals surface area contributed by atoms with Crippen LogP contribution in [0.15, 0.2) is 180 Å². The molecule has 0 aliphatic rings. The molecule has 0 saturated carbocycles. The van der Waals surface area contributed by atoms with E-state index in [4.69, 9.17) is 4.42 Å². The van der Waals surface area contributed by atoms with Gasteiger partial charge in [0.15, 0.2) is 0 Å². The minimum atomic E-state index is 0.423. The van der Waals surface area contributed by atoms with Crippen LogP contribution in [-0.4, -0.2) is 4.57 Å². The highest BCUT2D eigenvalue weighted by Gasteiger charge is 2.27. The summed E-state index contributed by atoms with van der Waals surface area (Å²) in [6, 6.07) is 55.9. The number of hydrogen-bond acceptors (Lipinski definition) is 5. The van der Waals surface area contributed by atoms with E-state index in [1.54, 1.807) is 12.1 Å². The Labute approximate surface area is 331 Å². The standard InChI is InChI=1S/C51H37N5O/c1-4-5-15-35(3)54(45-19-10-6-14-34(45)2)38-25-27-39(28-26-38)55(40-29-30-44-43-18-9-13-22-48(43)57-49(44)31-40)50-36(32-52)23-24-37(33-53)51(50)56-46-20-11-7-16-41(46)42-17-8-12-21-47(42)56/h4-31H,1-3H3/b5-4-,35-15+. The second-order valence-corrected chi connectivity index (χ2v) is 14.0. The molecule has 2 heterocycles. The molecule has 6 nitrogen and oxygen atoms in total. The van der Waals surface area contributed by atoms with Crippen molar-refractivity contribution in [2.45, 2.75) is 20.8 Å². The fraction of sp³-hybridized carbons (Fsp3) is 0.0588. The highest BCUT2D eigenvalue weighted by molar-refractivity contribution is 6.11. The summed E-state index contributed by atoms with van der Waals surface area (Å²) in [5, 5.41) is 25.9. The van der Waals surface area contributed by atoms with Crippen LogP contribution < -0.4 is 9.80 Å². The van der Waals surface area contributed by atoms with Crippen LogP contribution in [0.2, 0.25) is 0 Å². The van der Waals surface area contributed by atoms with Gasteiger partial charge in [0.2, 0.25) is 0 Å². The van der Waals surface area contributed by atoms with Crippen LogP contribution in [0.3, 0.4) is 0 Å². The molecule has 0 fully saturated rings. The molecule has 7 aromatic carbocycles. The Morgan fingerprint density at radius 2 is 1.19 bits per heavy atom. The van der Waals surface area contributed by atoms with E-state index < -0.39 is 0 Å². The molecule has 57 heavy (non-hydrogen) atoms. The zero-order chi connectivity index (χ0) is 39.0. The third-order valence-corrected chi connectivity index (χ3v) is 10.6. The number of nitriles is 2. The monoisotopic (exact) mass is 735 g/mol. The lowest BCUT2D eigenvalue weighted by molar-refractivity contribution is 0.669. The molecule has 2 aromatic heterocycles. The Morgan fingerprint density at radius 3 is 1.88 bits per heavy atom. The summed E-state index contributed by atoms with van der Waals surface area (Å²) in [6.45, 7) is 6.25. The average Bonchev–Trinajstić information content (AvgIpc) is 3.79. The minimum absolute atomic E-state index is 0.423. The van der Waals surface area contributed by atoms with Crippen LogP contribution in [0.1, 0.15) is 30.5 Å². The Bertz CT molecular complexity index is 3100. The summed E-state index contributed by atoms with van der Waals surface area (Å²) in [6.07, 6.45) is 6.18. The smallest absolute Gasteiger partial charge is 0.137 e. The summed E-state index contributed by atoms with van der Waals surface area (Å²) >= 11 is 0.